The molecule has 288 valence electrons. The predicted octanol–water partition coefficient (Wildman–Crippen LogP) is 4.73. The molecule has 12 heteroatoms. The molecule has 12 nitrogen and oxygen atoms in total. The molecule has 1 aliphatic heterocycles. The third-order valence-electron chi connectivity index (χ3n) is 12.6. The molecule has 1 amide bonds. The van der Waals surface area contributed by atoms with E-state index in [1.165, 1.54) is 0 Å². The molecule has 11 atom stereocenters. The average molecular weight is 728 g/mol. The number of carbonyl (C=O) groups excluding carboxylic acids is 4. The number of esters is 2. The summed E-state index contributed by atoms with van der Waals surface area (Å²) in [5, 5.41) is 39.3. The number of ether oxygens (including phenoxy) is 4. The summed E-state index contributed by atoms with van der Waals surface area (Å²) in [6.45, 7) is 17.9. The fourth-order valence-corrected chi connectivity index (χ4v) is 9.87. The van der Waals surface area contributed by atoms with Crippen LogP contribution in [0.5, 0.6) is 0 Å². The van der Waals surface area contributed by atoms with Gasteiger partial charge < -0.3 is 39.6 Å². The molecule has 4 aliphatic rings. The number of aliphatic hydroxyl groups is 3. The van der Waals surface area contributed by atoms with Crippen LogP contribution in [0, 0.1) is 28.1 Å². The van der Waals surface area contributed by atoms with Gasteiger partial charge in [0.05, 0.1) is 29.8 Å². The van der Waals surface area contributed by atoms with E-state index in [0.717, 1.165) is 0 Å². The zero-order valence-electron chi connectivity index (χ0n) is 32.1. The molecule has 4 N–H and O–H groups in total. The molecule has 1 heterocycles. The standard InChI is InChI=1S/C40H57NO11/c1-11-15-27(43)51-31(29(23-16-13-12-14-17-23)41-35(47)52-36(4,5)6)34(46)50-24-19-40(48)22(3)32-38(9)20-49-26(38)18-25(42)39(32,10)33(45)30(44)28(21(24)2)37(40,7)8/h12-14,16-17,22,24-26,29-32,42,44,48H,11,15,18-20H2,1-10H3,(H,41,47)/t22-,24-,25-,26+,29-,30+,31+,32?,38+,39+,40+/m0/s1. The molecule has 2 bridgehead atoms. The number of alkyl carbamates (subject to hydrolysis) is 1. The van der Waals surface area contributed by atoms with Crippen LogP contribution >= 0.6 is 0 Å². The molecule has 0 radical (unpaired) electrons. The largest absolute Gasteiger partial charge is 0.455 e. The van der Waals surface area contributed by atoms with Gasteiger partial charge in [-0.05, 0) is 69.6 Å². The van der Waals surface area contributed by atoms with Gasteiger partial charge in [-0.1, -0.05) is 65.0 Å². The molecule has 1 saturated heterocycles. The Bertz CT molecular complexity index is 1600. The summed E-state index contributed by atoms with van der Waals surface area (Å²) < 4.78 is 23.4. The van der Waals surface area contributed by atoms with Gasteiger partial charge in [-0.25, -0.2) is 9.59 Å². The Morgan fingerprint density at radius 1 is 1.08 bits per heavy atom. The van der Waals surface area contributed by atoms with Crippen LogP contribution in [0.4, 0.5) is 4.79 Å². The van der Waals surface area contributed by atoms with Crippen molar-refractivity contribution in [3.63, 3.8) is 0 Å². The number of rotatable bonds is 8. The average Bonchev–Trinajstić information content (AvgIpc) is 3.05. The van der Waals surface area contributed by atoms with Crippen molar-refractivity contribution in [3.05, 3.63) is 47.0 Å². The third kappa shape index (κ3) is 6.47. The maximum Gasteiger partial charge on any atom is 0.408 e. The normalized spacial score (nSPS) is 36.4. The van der Waals surface area contributed by atoms with Gasteiger partial charge in [0.25, 0.3) is 0 Å². The van der Waals surface area contributed by atoms with Crippen LogP contribution in [0.15, 0.2) is 41.5 Å². The topological polar surface area (TPSA) is 178 Å². The fourth-order valence-electron chi connectivity index (χ4n) is 9.87. The number of fused-ring (bicyclic) bond motifs is 5. The van der Waals surface area contributed by atoms with Gasteiger partial charge in [-0.15, -0.1) is 0 Å². The SMILES string of the molecule is CCCC(=O)O[C@@H](C(=O)O[C@H]1C[C@@]2(O)[C@@H](C)C3[C@]4(C)CO[C@@H]4C[C@H](O)[C@@]3(C)C(=O)[C@H](O)C(=C1C)C2(C)C)[C@@H](NC(=O)OC(C)(C)C)c1ccccc1. The van der Waals surface area contributed by atoms with Crippen molar-refractivity contribution < 1.29 is 53.4 Å². The zero-order valence-corrected chi connectivity index (χ0v) is 32.1. The van der Waals surface area contributed by atoms with E-state index >= 15 is 0 Å². The first-order chi connectivity index (χ1) is 24.0. The number of aliphatic hydroxyl groups excluding tert-OH is 2. The quantitative estimate of drug-likeness (QED) is 0.165. The molecule has 5 rings (SSSR count). The van der Waals surface area contributed by atoms with Gasteiger partial charge in [-0.2, -0.15) is 0 Å². The van der Waals surface area contributed by atoms with E-state index in [0.29, 0.717) is 24.2 Å². The zero-order chi connectivity index (χ0) is 38.8. The molecule has 0 spiro atoms. The Morgan fingerprint density at radius 3 is 2.27 bits per heavy atom. The van der Waals surface area contributed by atoms with E-state index in [-0.39, 0.29) is 30.9 Å². The van der Waals surface area contributed by atoms with Crippen LogP contribution in [0.25, 0.3) is 0 Å². The number of nitrogens with one attached hydrogen (secondary N) is 1. The highest BCUT2D eigenvalue weighted by molar-refractivity contribution is 5.93. The minimum atomic E-state index is -1.72. The first-order valence-electron chi connectivity index (χ1n) is 18.4. The maximum absolute atomic E-state index is 14.6. The molecular weight excluding hydrogens is 670 g/mol. The van der Waals surface area contributed by atoms with Gasteiger partial charge in [0.15, 0.2) is 5.78 Å². The van der Waals surface area contributed by atoms with Crippen molar-refractivity contribution in [1.82, 2.24) is 5.32 Å². The first-order valence-corrected chi connectivity index (χ1v) is 18.4. The first kappa shape index (κ1) is 39.9. The number of hydrogen-bond donors (Lipinski definition) is 4. The van der Waals surface area contributed by atoms with Crippen LogP contribution in [0.2, 0.25) is 0 Å². The lowest BCUT2D eigenvalue weighted by Crippen LogP contribution is -2.75. The van der Waals surface area contributed by atoms with E-state index in [1.807, 2.05) is 13.8 Å². The van der Waals surface area contributed by atoms with E-state index in [9.17, 15) is 34.5 Å². The Morgan fingerprint density at radius 2 is 1.71 bits per heavy atom. The molecule has 2 saturated carbocycles. The second-order valence-corrected chi connectivity index (χ2v) is 17.3. The summed E-state index contributed by atoms with van der Waals surface area (Å²) in [6, 6.07) is 7.30. The van der Waals surface area contributed by atoms with Crippen molar-refractivity contribution in [2.45, 2.75) is 143 Å². The van der Waals surface area contributed by atoms with Crippen LogP contribution < -0.4 is 5.32 Å². The van der Waals surface area contributed by atoms with Crippen LogP contribution in [0.1, 0.15) is 107 Å². The monoisotopic (exact) mass is 727 g/mol. The van der Waals surface area contributed by atoms with Gasteiger partial charge in [0.1, 0.15) is 23.9 Å². The molecular formula is C40H57NO11. The van der Waals surface area contributed by atoms with Crippen LogP contribution in [0.3, 0.4) is 0 Å². The number of hydrogen-bond acceptors (Lipinski definition) is 11. The van der Waals surface area contributed by atoms with Crippen LogP contribution in [-0.4, -0.2) is 87.5 Å². The second kappa shape index (κ2) is 13.8. The highest BCUT2D eigenvalue weighted by Gasteiger charge is 2.73. The highest BCUT2D eigenvalue weighted by Crippen LogP contribution is 2.66. The summed E-state index contributed by atoms with van der Waals surface area (Å²) >= 11 is 0. The number of amides is 1. The van der Waals surface area contributed by atoms with Gasteiger partial charge in [-0.3, -0.25) is 9.59 Å². The summed E-state index contributed by atoms with van der Waals surface area (Å²) in [6.07, 6.45) is -6.29. The number of benzene rings is 1. The van der Waals surface area contributed by atoms with E-state index < -0.39 is 93.6 Å². The van der Waals surface area contributed by atoms with Crippen molar-refractivity contribution in [3.8, 4) is 0 Å². The Hall–Kier alpha value is -3.32. The minimum absolute atomic E-state index is 0.000519. The second-order valence-electron chi connectivity index (χ2n) is 17.3. The Balaban J connectivity index is 1.59. The van der Waals surface area contributed by atoms with Gasteiger partial charge >= 0.3 is 18.0 Å². The summed E-state index contributed by atoms with van der Waals surface area (Å²) in [4.78, 5) is 55.2. The summed E-state index contributed by atoms with van der Waals surface area (Å²) in [5.41, 5.74) is -4.66. The van der Waals surface area contributed by atoms with Crippen LogP contribution in [-0.2, 0) is 33.3 Å². The van der Waals surface area contributed by atoms with E-state index in [2.05, 4.69) is 5.32 Å². The Labute approximate surface area is 306 Å². The molecule has 1 aromatic carbocycles. The Kier molecular flexibility index (Phi) is 10.6. The molecule has 3 fully saturated rings. The molecule has 3 aliphatic carbocycles. The fraction of sp³-hybridized carbons (Fsp3) is 0.700. The smallest absolute Gasteiger partial charge is 0.408 e. The molecule has 52 heavy (non-hydrogen) atoms. The lowest BCUT2D eigenvalue weighted by molar-refractivity contribution is -0.302. The van der Waals surface area contributed by atoms with Crippen molar-refractivity contribution >= 4 is 23.8 Å². The molecule has 1 unspecified atom stereocenters. The third-order valence-corrected chi connectivity index (χ3v) is 12.6. The molecule has 0 aromatic heterocycles. The number of ketones is 1. The number of Topliss-reactive ketones (excluding diaryl/α,β-unsaturated/α-hetero) is 1. The van der Waals surface area contributed by atoms with E-state index in [4.69, 9.17) is 18.9 Å². The highest BCUT2D eigenvalue weighted by atomic mass is 16.6. The van der Waals surface area contributed by atoms with Gasteiger partial charge in [0, 0.05) is 30.1 Å². The lowest BCUT2D eigenvalue weighted by atomic mass is 9.40. The van der Waals surface area contributed by atoms with Crippen molar-refractivity contribution in [2.24, 2.45) is 28.1 Å². The van der Waals surface area contributed by atoms with Crippen molar-refractivity contribution in [1.29, 1.82) is 0 Å². The van der Waals surface area contributed by atoms with E-state index in [1.54, 1.807) is 85.7 Å². The summed E-state index contributed by atoms with van der Waals surface area (Å²) in [5.74, 6) is -3.49. The number of carbonyl (C=O) groups is 4. The van der Waals surface area contributed by atoms with Crippen molar-refractivity contribution in [2.75, 3.05) is 6.61 Å². The molecule has 1 aromatic rings. The summed E-state index contributed by atoms with van der Waals surface area (Å²) in [7, 11) is 0. The minimum Gasteiger partial charge on any atom is -0.455 e. The predicted molar refractivity (Wildman–Crippen MR) is 190 cm³/mol. The van der Waals surface area contributed by atoms with Gasteiger partial charge in [0.2, 0.25) is 6.10 Å². The maximum atomic E-state index is 14.6. The lowest BCUT2D eigenvalue weighted by Gasteiger charge is -2.68.